The summed E-state index contributed by atoms with van der Waals surface area (Å²) in [5, 5.41) is 15.4. The maximum Gasteiger partial charge on any atom is 0.251 e. The first-order valence-electron chi connectivity index (χ1n) is 9.47. The van der Waals surface area contributed by atoms with Crippen molar-refractivity contribution in [1.29, 1.82) is 0 Å². The van der Waals surface area contributed by atoms with Crippen LogP contribution in [0.4, 0.5) is 0 Å². The Morgan fingerprint density at radius 1 is 0.964 bits per heavy atom. The van der Waals surface area contributed by atoms with Gasteiger partial charge in [0.05, 0.1) is 19.3 Å². The van der Waals surface area contributed by atoms with Gasteiger partial charge in [0.2, 0.25) is 0 Å². The second kappa shape index (κ2) is 9.24. The number of ether oxygens (including phenoxy) is 2. The molecule has 1 atom stereocenters. The van der Waals surface area contributed by atoms with Crippen LogP contribution in [0.1, 0.15) is 35.9 Å². The summed E-state index contributed by atoms with van der Waals surface area (Å²) >= 11 is 0. The molecule has 3 aromatic rings. The number of carbonyl (C=O) groups is 1. The van der Waals surface area contributed by atoms with E-state index in [4.69, 9.17) is 9.47 Å². The maximum atomic E-state index is 12.6. The molecule has 1 amide bonds. The van der Waals surface area contributed by atoms with Crippen molar-refractivity contribution in [3.8, 4) is 11.5 Å². The highest BCUT2D eigenvalue weighted by molar-refractivity contribution is 5.95. The minimum atomic E-state index is -0.802. The Bertz CT molecular complexity index is 949. The molecule has 3 aromatic carbocycles. The summed E-state index contributed by atoms with van der Waals surface area (Å²) in [5.74, 6) is 0.867. The lowest BCUT2D eigenvalue weighted by atomic mass is 10.0. The molecule has 146 valence electrons. The van der Waals surface area contributed by atoms with Gasteiger partial charge in [-0.25, -0.2) is 0 Å². The average molecular weight is 379 g/mol. The molecule has 0 bridgehead atoms. The molecule has 0 aliphatic heterocycles. The number of aliphatic hydroxyl groups excluding tert-OH is 1. The predicted octanol–water partition coefficient (Wildman–Crippen LogP) is 4.10. The number of aliphatic hydroxyl groups is 1. The Morgan fingerprint density at radius 3 is 2.46 bits per heavy atom. The zero-order chi connectivity index (χ0) is 19.9. The van der Waals surface area contributed by atoms with Crippen LogP contribution in [0.3, 0.4) is 0 Å². The summed E-state index contributed by atoms with van der Waals surface area (Å²) in [7, 11) is 0. The van der Waals surface area contributed by atoms with E-state index in [1.165, 1.54) is 0 Å². The summed E-state index contributed by atoms with van der Waals surface area (Å²) in [4.78, 5) is 12.6. The molecule has 0 aliphatic rings. The van der Waals surface area contributed by atoms with Gasteiger partial charge >= 0.3 is 0 Å². The first-order valence-corrected chi connectivity index (χ1v) is 9.47. The number of rotatable bonds is 8. The number of fused-ring (bicyclic) bond motifs is 1. The summed E-state index contributed by atoms with van der Waals surface area (Å²) in [5.41, 5.74) is 1.25. The van der Waals surface area contributed by atoms with Crippen molar-refractivity contribution in [3.63, 3.8) is 0 Å². The van der Waals surface area contributed by atoms with E-state index in [0.29, 0.717) is 30.3 Å². The van der Waals surface area contributed by atoms with Gasteiger partial charge in [-0.15, -0.1) is 0 Å². The third-order valence-corrected chi connectivity index (χ3v) is 4.44. The van der Waals surface area contributed by atoms with Gasteiger partial charge in [0.25, 0.3) is 5.91 Å². The minimum absolute atomic E-state index is 0.115. The van der Waals surface area contributed by atoms with E-state index in [0.717, 1.165) is 16.3 Å². The summed E-state index contributed by atoms with van der Waals surface area (Å²) in [6, 6.07) is 18.7. The Morgan fingerprint density at radius 2 is 1.68 bits per heavy atom. The van der Waals surface area contributed by atoms with E-state index in [1.807, 2.05) is 56.3 Å². The Hall–Kier alpha value is -3.05. The Kier molecular flexibility index (Phi) is 6.50. The second-order valence-corrected chi connectivity index (χ2v) is 6.32. The molecule has 28 heavy (non-hydrogen) atoms. The molecule has 0 aromatic heterocycles. The Balaban J connectivity index is 1.72. The van der Waals surface area contributed by atoms with Crippen molar-refractivity contribution < 1.29 is 19.4 Å². The molecule has 0 fully saturated rings. The molecule has 0 aliphatic carbocycles. The molecule has 5 heteroatoms. The summed E-state index contributed by atoms with van der Waals surface area (Å²) < 4.78 is 11.1. The van der Waals surface area contributed by atoms with Crippen molar-refractivity contribution in [2.45, 2.75) is 20.0 Å². The van der Waals surface area contributed by atoms with Crippen LogP contribution in [0.15, 0.2) is 60.7 Å². The van der Waals surface area contributed by atoms with E-state index in [2.05, 4.69) is 5.32 Å². The van der Waals surface area contributed by atoms with Crippen molar-refractivity contribution in [2.75, 3.05) is 19.8 Å². The van der Waals surface area contributed by atoms with Gasteiger partial charge in [-0.2, -0.15) is 0 Å². The highest BCUT2D eigenvalue weighted by atomic mass is 16.5. The fourth-order valence-electron chi connectivity index (χ4n) is 3.13. The van der Waals surface area contributed by atoms with E-state index < -0.39 is 6.10 Å². The van der Waals surface area contributed by atoms with Crippen LogP contribution >= 0.6 is 0 Å². The van der Waals surface area contributed by atoms with Crippen LogP contribution in [-0.2, 0) is 0 Å². The molecule has 0 heterocycles. The van der Waals surface area contributed by atoms with Gasteiger partial charge in [0.1, 0.15) is 0 Å². The van der Waals surface area contributed by atoms with Crippen LogP contribution in [0, 0.1) is 0 Å². The normalized spacial score (nSPS) is 11.8. The van der Waals surface area contributed by atoms with Gasteiger partial charge in [-0.05, 0) is 48.4 Å². The lowest BCUT2D eigenvalue weighted by Gasteiger charge is -2.16. The minimum Gasteiger partial charge on any atom is -0.490 e. The average Bonchev–Trinajstić information content (AvgIpc) is 2.73. The smallest absolute Gasteiger partial charge is 0.251 e. The Labute approximate surface area is 164 Å². The molecular formula is C23H25NO4. The molecule has 0 radical (unpaired) electrons. The SMILES string of the molecule is CCOc1ccc(C(=O)NCC(O)c2cccc3ccccc23)cc1OCC. The van der Waals surface area contributed by atoms with E-state index in [1.54, 1.807) is 18.2 Å². The van der Waals surface area contributed by atoms with E-state index in [9.17, 15) is 9.90 Å². The van der Waals surface area contributed by atoms with Crippen LogP contribution in [0.2, 0.25) is 0 Å². The van der Waals surface area contributed by atoms with Gasteiger partial charge in [0, 0.05) is 12.1 Å². The van der Waals surface area contributed by atoms with Crippen molar-refractivity contribution in [3.05, 3.63) is 71.8 Å². The zero-order valence-electron chi connectivity index (χ0n) is 16.1. The molecule has 0 saturated heterocycles. The van der Waals surface area contributed by atoms with E-state index >= 15 is 0 Å². The number of hydrogen-bond acceptors (Lipinski definition) is 4. The zero-order valence-corrected chi connectivity index (χ0v) is 16.1. The standard InChI is InChI=1S/C23H25NO4/c1-3-27-21-13-12-17(14-22(21)28-4-2)23(26)24-15-20(25)19-11-7-9-16-8-5-6-10-18(16)19/h5-14,20,25H,3-4,15H2,1-2H3,(H,24,26). The van der Waals surface area contributed by atoms with Gasteiger partial charge < -0.3 is 19.9 Å². The van der Waals surface area contributed by atoms with Crippen LogP contribution in [0.25, 0.3) is 10.8 Å². The first-order chi connectivity index (χ1) is 13.6. The van der Waals surface area contributed by atoms with Crippen molar-refractivity contribution >= 4 is 16.7 Å². The number of hydrogen-bond donors (Lipinski definition) is 2. The second-order valence-electron chi connectivity index (χ2n) is 6.32. The number of amides is 1. The molecule has 2 N–H and O–H groups in total. The molecule has 5 nitrogen and oxygen atoms in total. The van der Waals surface area contributed by atoms with Crippen LogP contribution < -0.4 is 14.8 Å². The highest BCUT2D eigenvalue weighted by Gasteiger charge is 2.15. The maximum absolute atomic E-state index is 12.6. The van der Waals surface area contributed by atoms with E-state index in [-0.39, 0.29) is 12.5 Å². The van der Waals surface area contributed by atoms with Gasteiger partial charge in [-0.3, -0.25) is 4.79 Å². The monoisotopic (exact) mass is 379 g/mol. The molecule has 3 rings (SSSR count). The van der Waals surface area contributed by atoms with Crippen molar-refractivity contribution in [1.82, 2.24) is 5.32 Å². The van der Waals surface area contributed by atoms with Crippen LogP contribution in [-0.4, -0.2) is 30.8 Å². The van der Waals surface area contributed by atoms with Gasteiger partial charge in [-0.1, -0.05) is 42.5 Å². The number of carbonyl (C=O) groups excluding carboxylic acids is 1. The topological polar surface area (TPSA) is 67.8 Å². The predicted molar refractivity (Wildman–Crippen MR) is 110 cm³/mol. The lowest BCUT2D eigenvalue weighted by molar-refractivity contribution is 0.0916. The third-order valence-electron chi connectivity index (χ3n) is 4.44. The lowest BCUT2D eigenvalue weighted by Crippen LogP contribution is -2.28. The van der Waals surface area contributed by atoms with Crippen LogP contribution in [0.5, 0.6) is 11.5 Å². The van der Waals surface area contributed by atoms with Crippen molar-refractivity contribution in [2.24, 2.45) is 0 Å². The third kappa shape index (κ3) is 4.43. The molecular weight excluding hydrogens is 354 g/mol. The highest BCUT2D eigenvalue weighted by Crippen LogP contribution is 2.29. The first kappa shape index (κ1) is 19.7. The number of nitrogens with one attached hydrogen (secondary N) is 1. The fraction of sp³-hybridized carbons (Fsp3) is 0.261. The molecule has 0 spiro atoms. The largest absolute Gasteiger partial charge is 0.490 e. The van der Waals surface area contributed by atoms with Gasteiger partial charge in [0.15, 0.2) is 11.5 Å². The number of benzene rings is 3. The molecule has 1 unspecified atom stereocenters. The fourth-order valence-corrected chi connectivity index (χ4v) is 3.13. The molecule has 0 saturated carbocycles. The quantitative estimate of drug-likeness (QED) is 0.618. The summed E-state index contributed by atoms with van der Waals surface area (Å²) in [6.07, 6.45) is -0.802. The summed E-state index contributed by atoms with van der Waals surface area (Å²) in [6.45, 7) is 4.88.